The molecule has 7 heteroatoms. The molecule has 2 heterocycles. The molecule has 6 nitrogen and oxygen atoms in total. The average molecular weight is 516 g/mol. The molecule has 1 unspecified atom stereocenters. The van der Waals surface area contributed by atoms with Crippen molar-refractivity contribution in [3.8, 4) is 0 Å². The van der Waals surface area contributed by atoms with Crippen LogP contribution in [0.2, 0.25) is 5.02 Å². The number of halogens is 1. The SMILES string of the molecule is CN(CC(CCN1CCCN(c2nc3ccccc3[nH]2)CC1)c1cccc(Cl)c1)C(=O)c1ccccc1. The Labute approximate surface area is 223 Å². The number of fused-ring (bicyclic) bond motifs is 1. The third-order valence-electron chi connectivity index (χ3n) is 7.24. The number of amides is 1. The Kier molecular flexibility index (Phi) is 8.07. The van der Waals surface area contributed by atoms with Crippen LogP contribution in [0.5, 0.6) is 0 Å². The first-order chi connectivity index (χ1) is 18.1. The van der Waals surface area contributed by atoms with Crippen molar-refractivity contribution < 1.29 is 4.79 Å². The minimum Gasteiger partial charge on any atom is -0.341 e. The van der Waals surface area contributed by atoms with Crippen LogP contribution in [0.1, 0.15) is 34.7 Å². The van der Waals surface area contributed by atoms with Gasteiger partial charge in [0.05, 0.1) is 11.0 Å². The molecule has 5 rings (SSSR count). The van der Waals surface area contributed by atoms with E-state index >= 15 is 0 Å². The zero-order valence-corrected chi connectivity index (χ0v) is 22.1. The number of aromatic nitrogens is 2. The average Bonchev–Trinajstić information content (AvgIpc) is 3.22. The molecule has 1 aliphatic heterocycles. The number of anilines is 1. The lowest BCUT2D eigenvalue weighted by Gasteiger charge is -2.28. The Bertz CT molecular complexity index is 1290. The van der Waals surface area contributed by atoms with E-state index in [0.717, 1.165) is 67.6 Å². The third-order valence-corrected chi connectivity index (χ3v) is 7.48. The predicted molar refractivity (Wildman–Crippen MR) is 152 cm³/mol. The number of H-pyrrole nitrogens is 1. The highest BCUT2D eigenvalue weighted by Crippen LogP contribution is 2.25. The summed E-state index contributed by atoms with van der Waals surface area (Å²) < 4.78 is 0. The summed E-state index contributed by atoms with van der Waals surface area (Å²) in [6.07, 6.45) is 2.04. The van der Waals surface area contributed by atoms with Gasteiger partial charge in [0, 0.05) is 49.7 Å². The summed E-state index contributed by atoms with van der Waals surface area (Å²) >= 11 is 6.35. The number of imidazole rings is 1. The predicted octanol–water partition coefficient (Wildman–Crippen LogP) is 5.67. The van der Waals surface area contributed by atoms with Gasteiger partial charge in [-0.25, -0.2) is 4.98 Å². The third kappa shape index (κ3) is 6.32. The van der Waals surface area contributed by atoms with Crippen LogP contribution in [0.4, 0.5) is 5.95 Å². The second kappa shape index (κ2) is 11.8. The maximum atomic E-state index is 13.0. The van der Waals surface area contributed by atoms with Crippen LogP contribution in [0.25, 0.3) is 11.0 Å². The van der Waals surface area contributed by atoms with Crippen molar-refractivity contribution >= 4 is 34.5 Å². The van der Waals surface area contributed by atoms with E-state index in [1.54, 1.807) is 0 Å². The van der Waals surface area contributed by atoms with Crippen LogP contribution < -0.4 is 4.90 Å². The van der Waals surface area contributed by atoms with Gasteiger partial charge in [0.25, 0.3) is 5.91 Å². The zero-order valence-electron chi connectivity index (χ0n) is 21.3. The first-order valence-corrected chi connectivity index (χ1v) is 13.4. The topological polar surface area (TPSA) is 55.5 Å². The van der Waals surface area contributed by atoms with E-state index in [9.17, 15) is 4.79 Å². The number of nitrogens with zero attached hydrogens (tertiary/aromatic N) is 4. The van der Waals surface area contributed by atoms with Crippen molar-refractivity contribution in [1.82, 2.24) is 19.8 Å². The van der Waals surface area contributed by atoms with E-state index in [4.69, 9.17) is 16.6 Å². The Morgan fingerprint density at radius 3 is 2.62 bits per heavy atom. The molecule has 3 aromatic carbocycles. The number of para-hydroxylation sites is 2. The number of aromatic amines is 1. The van der Waals surface area contributed by atoms with Gasteiger partial charge in [0.1, 0.15) is 0 Å². The van der Waals surface area contributed by atoms with Gasteiger partial charge in [0.2, 0.25) is 5.95 Å². The number of hydrogen-bond donors (Lipinski definition) is 1. The highest BCUT2D eigenvalue weighted by Gasteiger charge is 2.22. The van der Waals surface area contributed by atoms with E-state index in [0.29, 0.717) is 12.1 Å². The summed E-state index contributed by atoms with van der Waals surface area (Å²) in [5.41, 5.74) is 3.99. The molecule has 1 aliphatic rings. The maximum Gasteiger partial charge on any atom is 0.253 e. The molecule has 1 aromatic heterocycles. The van der Waals surface area contributed by atoms with Gasteiger partial charge >= 0.3 is 0 Å². The smallest absolute Gasteiger partial charge is 0.253 e. The molecule has 0 bridgehead atoms. The Morgan fingerprint density at radius 1 is 1.00 bits per heavy atom. The quantitative estimate of drug-likeness (QED) is 0.328. The standard InChI is InChI=1S/C30H34ClN5O/c1-34(29(37)23-9-3-2-4-10-23)22-25(24-11-7-12-26(31)21-24)15-18-35-16-8-17-36(20-19-35)30-32-27-13-5-6-14-28(27)33-30/h2-7,9-14,21,25H,8,15-20,22H2,1H3,(H,32,33). The first-order valence-electron chi connectivity index (χ1n) is 13.0. The fourth-order valence-corrected chi connectivity index (χ4v) is 5.37. The molecule has 0 saturated carbocycles. The van der Waals surface area contributed by atoms with Crippen molar-refractivity contribution in [3.63, 3.8) is 0 Å². The highest BCUT2D eigenvalue weighted by molar-refractivity contribution is 6.30. The summed E-state index contributed by atoms with van der Waals surface area (Å²) in [6, 6.07) is 25.8. The van der Waals surface area contributed by atoms with Crippen molar-refractivity contribution in [3.05, 3.63) is 95.0 Å². The minimum atomic E-state index is 0.0453. The number of carbonyl (C=O) groups is 1. The lowest BCUT2D eigenvalue weighted by Crippen LogP contribution is -2.35. The second-order valence-corrected chi connectivity index (χ2v) is 10.3. The largest absolute Gasteiger partial charge is 0.341 e. The summed E-state index contributed by atoms with van der Waals surface area (Å²) in [6.45, 7) is 5.58. The second-order valence-electron chi connectivity index (χ2n) is 9.85. The summed E-state index contributed by atoms with van der Waals surface area (Å²) in [4.78, 5) is 28.1. The van der Waals surface area contributed by atoms with Gasteiger partial charge < -0.3 is 19.7 Å². The molecule has 1 atom stereocenters. The van der Waals surface area contributed by atoms with Gasteiger partial charge in [-0.1, -0.05) is 54.1 Å². The normalized spacial score (nSPS) is 15.5. The van der Waals surface area contributed by atoms with Crippen molar-refractivity contribution in [2.45, 2.75) is 18.8 Å². The summed E-state index contributed by atoms with van der Waals surface area (Å²) in [5.74, 6) is 1.20. The van der Waals surface area contributed by atoms with Crippen molar-refractivity contribution in [1.29, 1.82) is 0 Å². The molecule has 1 amide bonds. The minimum absolute atomic E-state index is 0.0453. The molecule has 0 spiro atoms. The summed E-state index contributed by atoms with van der Waals surface area (Å²) in [7, 11) is 1.89. The van der Waals surface area contributed by atoms with Gasteiger partial charge in [-0.3, -0.25) is 4.79 Å². The highest BCUT2D eigenvalue weighted by atomic mass is 35.5. The molecule has 1 N–H and O–H groups in total. The monoisotopic (exact) mass is 515 g/mol. The van der Waals surface area contributed by atoms with E-state index in [2.05, 4.69) is 33.0 Å². The molecule has 37 heavy (non-hydrogen) atoms. The molecular weight excluding hydrogens is 482 g/mol. The lowest BCUT2D eigenvalue weighted by molar-refractivity contribution is 0.0783. The maximum absolute atomic E-state index is 13.0. The van der Waals surface area contributed by atoms with Gasteiger partial charge in [0.15, 0.2) is 0 Å². The number of carbonyl (C=O) groups excluding carboxylic acids is 1. The van der Waals surface area contributed by atoms with Gasteiger partial charge in [-0.05, 0) is 67.9 Å². The number of rotatable bonds is 8. The molecule has 0 aliphatic carbocycles. The Morgan fingerprint density at radius 2 is 1.81 bits per heavy atom. The fraction of sp³-hybridized carbons (Fsp3) is 0.333. The van der Waals surface area contributed by atoms with E-state index in [-0.39, 0.29) is 11.8 Å². The van der Waals surface area contributed by atoms with Crippen LogP contribution in [0.3, 0.4) is 0 Å². The number of likely N-dealkylation sites (N-methyl/N-ethyl adjacent to an activating group) is 1. The summed E-state index contributed by atoms with van der Waals surface area (Å²) in [5, 5.41) is 0.732. The first kappa shape index (κ1) is 25.3. The van der Waals surface area contributed by atoms with Crippen LogP contribution in [0, 0.1) is 0 Å². The molecule has 192 valence electrons. The Hall–Kier alpha value is -3.35. The van der Waals surface area contributed by atoms with E-state index in [1.165, 1.54) is 5.56 Å². The molecule has 1 saturated heterocycles. The molecule has 4 aromatic rings. The van der Waals surface area contributed by atoms with Crippen LogP contribution in [-0.2, 0) is 0 Å². The van der Waals surface area contributed by atoms with Crippen molar-refractivity contribution in [2.24, 2.45) is 0 Å². The lowest BCUT2D eigenvalue weighted by atomic mass is 9.94. The number of nitrogens with one attached hydrogen (secondary N) is 1. The fourth-order valence-electron chi connectivity index (χ4n) is 5.17. The van der Waals surface area contributed by atoms with E-state index < -0.39 is 0 Å². The van der Waals surface area contributed by atoms with Gasteiger partial charge in [-0.2, -0.15) is 0 Å². The van der Waals surface area contributed by atoms with Gasteiger partial charge in [-0.15, -0.1) is 0 Å². The van der Waals surface area contributed by atoms with E-state index in [1.807, 2.05) is 72.6 Å². The molecular formula is C30H34ClN5O. The molecule has 1 fully saturated rings. The van der Waals surface area contributed by atoms with Crippen LogP contribution in [-0.4, -0.2) is 72.0 Å². The van der Waals surface area contributed by atoms with Crippen molar-refractivity contribution in [2.75, 3.05) is 51.2 Å². The zero-order chi connectivity index (χ0) is 25.6. The number of benzene rings is 3. The van der Waals surface area contributed by atoms with Crippen LogP contribution in [0.15, 0.2) is 78.9 Å². The molecule has 0 radical (unpaired) electrons. The van der Waals surface area contributed by atoms with Crippen LogP contribution >= 0.6 is 11.6 Å². The Balaban J connectivity index is 1.23. The number of hydrogen-bond acceptors (Lipinski definition) is 4.